The minimum absolute atomic E-state index is 0.819. The highest BCUT2D eigenvalue weighted by molar-refractivity contribution is 4.80. The van der Waals surface area contributed by atoms with Gasteiger partial charge in [0.15, 0.2) is 0 Å². The summed E-state index contributed by atoms with van der Waals surface area (Å²) in [5, 5.41) is 0. The maximum absolute atomic E-state index is 5.03. The van der Waals surface area contributed by atoms with E-state index in [2.05, 4.69) is 20.8 Å². The van der Waals surface area contributed by atoms with Crippen molar-refractivity contribution in [2.24, 2.45) is 17.6 Å². The third kappa shape index (κ3) is 4.80. The lowest BCUT2D eigenvalue weighted by atomic mass is 10.3. The fourth-order valence-electron chi connectivity index (χ4n) is 0.968. The van der Waals surface area contributed by atoms with Crippen LogP contribution in [0.15, 0.2) is 0 Å². The molecular formula is C9H21N. The van der Waals surface area contributed by atoms with Gasteiger partial charge in [-0.3, -0.25) is 0 Å². The van der Waals surface area contributed by atoms with Crippen LogP contribution < -0.4 is 5.73 Å². The molecule has 1 rings (SSSR count). The van der Waals surface area contributed by atoms with Gasteiger partial charge in [0.1, 0.15) is 0 Å². The quantitative estimate of drug-likeness (QED) is 0.631. The number of rotatable bonds is 2. The molecule has 2 atom stereocenters. The molecule has 1 saturated carbocycles. The molecular weight excluding hydrogens is 122 g/mol. The molecule has 1 fully saturated rings. The minimum Gasteiger partial charge on any atom is -0.330 e. The molecule has 1 nitrogen and oxygen atoms in total. The maximum atomic E-state index is 5.03. The molecule has 10 heavy (non-hydrogen) atoms. The first-order valence-electron chi connectivity index (χ1n) is 4.46. The van der Waals surface area contributed by atoms with Gasteiger partial charge in [0.25, 0.3) is 0 Å². The Bertz CT molecular complexity index is 67.1. The third-order valence-corrected chi connectivity index (χ3v) is 2.09. The first-order chi connectivity index (χ1) is 4.76. The van der Waals surface area contributed by atoms with Gasteiger partial charge < -0.3 is 5.73 Å². The first-order valence-corrected chi connectivity index (χ1v) is 4.46. The standard InChI is InChI=1S/C6H12.C3H9N/c1-3-6-4-5(6)2;1-2-3-4/h5-6H,3-4H2,1-2H3;2-4H2,1H3/t5-,6?;/m0./s1. The van der Waals surface area contributed by atoms with E-state index in [-0.39, 0.29) is 0 Å². The van der Waals surface area contributed by atoms with E-state index in [0.29, 0.717) is 0 Å². The van der Waals surface area contributed by atoms with Crippen molar-refractivity contribution in [2.75, 3.05) is 6.54 Å². The van der Waals surface area contributed by atoms with Gasteiger partial charge in [0.05, 0.1) is 0 Å². The number of hydrogen-bond acceptors (Lipinski definition) is 1. The average Bonchev–Trinajstić information content (AvgIpc) is 2.67. The Morgan fingerprint density at radius 3 is 1.80 bits per heavy atom. The molecule has 1 aliphatic rings. The number of nitrogens with two attached hydrogens (primary N) is 1. The fourth-order valence-corrected chi connectivity index (χ4v) is 0.968. The summed E-state index contributed by atoms with van der Waals surface area (Å²) in [4.78, 5) is 0. The molecule has 0 bridgehead atoms. The first kappa shape index (κ1) is 9.96. The lowest BCUT2D eigenvalue weighted by Gasteiger charge is -1.79. The van der Waals surface area contributed by atoms with Gasteiger partial charge in [-0.2, -0.15) is 0 Å². The van der Waals surface area contributed by atoms with Crippen LogP contribution in [0.2, 0.25) is 0 Å². The fraction of sp³-hybridized carbons (Fsp3) is 1.00. The normalized spacial score (nSPS) is 28.8. The summed E-state index contributed by atoms with van der Waals surface area (Å²) in [6.45, 7) is 7.47. The molecule has 1 heteroatoms. The molecule has 0 radical (unpaired) electrons. The van der Waals surface area contributed by atoms with Crippen molar-refractivity contribution in [2.45, 2.75) is 40.0 Å². The Kier molecular flexibility index (Phi) is 5.70. The molecule has 1 unspecified atom stereocenters. The Hall–Kier alpha value is -0.0400. The Morgan fingerprint density at radius 1 is 1.40 bits per heavy atom. The van der Waals surface area contributed by atoms with Crippen LogP contribution in [0, 0.1) is 11.8 Å². The Labute approximate surface area is 65.0 Å². The monoisotopic (exact) mass is 143 g/mol. The summed E-state index contributed by atoms with van der Waals surface area (Å²) in [5.74, 6) is 2.17. The third-order valence-electron chi connectivity index (χ3n) is 2.09. The Morgan fingerprint density at radius 2 is 1.80 bits per heavy atom. The summed E-state index contributed by atoms with van der Waals surface area (Å²) in [5.41, 5.74) is 5.03. The molecule has 0 aromatic heterocycles. The van der Waals surface area contributed by atoms with Crippen molar-refractivity contribution in [3.8, 4) is 0 Å². The largest absolute Gasteiger partial charge is 0.330 e. The molecule has 0 aromatic rings. The second-order valence-corrected chi connectivity index (χ2v) is 3.17. The Balaban J connectivity index is 0.000000180. The van der Waals surface area contributed by atoms with Crippen LogP contribution in [0.1, 0.15) is 40.0 Å². The second-order valence-electron chi connectivity index (χ2n) is 3.17. The van der Waals surface area contributed by atoms with E-state index in [9.17, 15) is 0 Å². The molecule has 0 saturated heterocycles. The molecule has 0 aliphatic heterocycles. The van der Waals surface area contributed by atoms with Gasteiger partial charge >= 0.3 is 0 Å². The average molecular weight is 143 g/mol. The maximum Gasteiger partial charge on any atom is -0.00799 e. The van der Waals surface area contributed by atoms with Crippen LogP contribution in [0.5, 0.6) is 0 Å². The summed E-state index contributed by atoms with van der Waals surface area (Å²) >= 11 is 0. The van der Waals surface area contributed by atoms with Crippen molar-refractivity contribution >= 4 is 0 Å². The topological polar surface area (TPSA) is 26.0 Å². The van der Waals surface area contributed by atoms with Crippen molar-refractivity contribution < 1.29 is 0 Å². The van der Waals surface area contributed by atoms with Crippen LogP contribution in [-0.2, 0) is 0 Å². The molecule has 0 spiro atoms. The predicted octanol–water partition coefficient (Wildman–Crippen LogP) is 2.41. The van der Waals surface area contributed by atoms with E-state index in [1.807, 2.05) is 0 Å². The zero-order valence-electron chi connectivity index (χ0n) is 7.56. The summed E-state index contributed by atoms with van der Waals surface area (Å²) in [6, 6.07) is 0. The van der Waals surface area contributed by atoms with Crippen LogP contribution >= 0.6 is 0 Å². The van der Waals surface area contributed by atoms with Gasteiger partial charge in [-0.1, -0.05) is 27.2 Å². The highest BCUT2D eigenvalue weighted by Gasteiger charge is 2.29. The molecule has 0 amide bonds. The van der Waals surface area contributed by atoms with E-state index in [1.165, 1.54) is 12.8 Å². The summed E-state index contributed by atoms with van der Waals surface area (Å²) in [7, 11) is 0. The lowest BCUT2D eigenvalue weighted by Crippen LogP contribution is -1.93. The summed E-state index contributed by atoms with van der Waals surface area (Å²) < 4.78 is 0. The minimum atomic E-state index is 0.819. The van der Waals surface area contributed by atoms with Crippen LogP contribution in [0.3, 0.4) is 0 Å². The molecule has 1 aliphatic carbocycles. The van der Waals surface area contributed by atoms with Crippen molar-refractivity contribution in [3.63, 3.8) is 0 Å². The zero-order chi connectivity index (χ0) is 7.98. The van der Waals surface area contributed by atoms with E-state index in [4.69, 9.17) is 5.73 Å². The highest BCUT2D eigenvalue weighted by atomic mass is 14.5. The van der Waals surface area contributed by atoms with Crippen molar-refractivity contribution in [3.05, 3.63) is 0 Å². The predicted molar refractivity (Wildman–Crippen MR) is 46.9 cm³/mol. The van der Waals surface area contributed by atoms with Crippen molar-refractivity contribution in [1.82, 2.24) is 0 Å². The van der Waals surface area contributed by atoms with Gasteiger partial charge in [0, 0.05) is 0 Å². The van der Waals surface area contributed by atoms with E-state index in [0.717, 1.165) is 24.8 Å². The van der Waals surface area contributed by atoms with Gasteiger partial charge in [-0.15, -0.1) is 0 Å². The van der Waals surface area contributed by atoms with Crippen LogP contribution in [-0.4, -0.2) is 6.54 Å². The molecule has 62 valence electrons. The summed E-state index contributed by atoms with van der Waals surface area (Å²) in [6.07, 6.45) is 4.00. The second kappa shape index (κ2) is 5.72. The van der Waals surface area contributed by atoms with E-state index >= 15 is 0 Å². The van der Waals surface area contributed by atoms with E-state index in [1.54, 1.807) is 0 Å². The highest BCUT2D eigenvalue weighted by Crippen LogP contribution is 2.39. The SMILES string of the molecule is CCC1C[C@@H]1C.CCCN. The van der Waals surface area contributed by atoms with Crippen molar-refractivity contribution in [1.29, 1.82) is 0 Å². The zero-order valence-corrected chi connectivity index (χ0v) is 7.56. The van der Waals surface area contributed by atoms with Crippen LogP contribution in [0.4, 0.5) is 0 Å². The smallest absolute Gasteiger partial charge is 0.00799 e. The van der Waals surface area contributed by atoms with Gasteiger partial charge in [-0.05, 0) is 31.2 Å². The van der Waals surface area contributed by atoms with Gasteiger partial charge in [0.2, 0.25) is 0 Å². The van der Waals surface area contributed by atoms with Crippen LogP contribution in [0.25, 0.3) is 0 Å². The molecule has 0 heterocycles. The number of hydrogen-bond donors (Lipinski definition) is 1. The van der Waals surface area contributed by atoms with E-state index < -0.39 is 0 Å². The lowest BCUT2D eigenvalue weighted by molar-refractivity contribution is 0.724. The molecule has 2 N–H and O–H groups in total. The van der Waals surface area contributed by atoms with Gasteiger partial charge in [-0.25, -0.2) is 0 Å². The molecule has 0 aromatic carbocycles.